The third-order valence-electron chi connectivity index (χ3n) is 6.37. The lowest BCUT2D eigenvalue weighted by Gasteiger charge is -2.38. The van der Waals surface area contributed by atoms with Gasteiger partial charge >= 0.3 is 0 Å². The molecule has 2 saturated heterocycles. The van der Waals surface area contributed by atoms with Crippen LogP contribution in [0.3, 0.4) is 0 Å². The quantitative estimate of drug-likeness (QED) is 0.833. The molecule has 4 rings (SSSR count). The van der Waals surface area contributed by atoms with Crippen LogP contribution in [-0.4, -0.2) is 53.0 Å². The molecule has 2 bridgehead atoms. The molecule has 142 valence electrons. The summed E-state index contributed by atoms with van der Waals surface area (Å²) >= 11 is 0. The molecular weight excluding hydrogens is 338 g/mol. The highest BCUT2D eigenvalue weighted by molar-refractivity contribution is 5.92. The Kier molecular flexibility index (Phi) is 4.64. The summed E-state index contributed by atoms with van der Waals surface area (Å²) in [7, 11) is 1.72. The monoisotopic (exact) mass is 365 g/mol. The molecule has 5 heteroatoms. The average molecular weight is 365 g/mol. The number of methoxy groups -OCH3 is 1. The van der Waals surface area contributed by atoms with Crippen LogP contribution in [-0.2, 0) is 0 Å². The lowest BCUT2D eigenvalue weighted by atomic mass is 9.96. The molecule has 2 fully saturated rings. The van der Waals surface area contributed by atoms with E-state index in [1.54, 1.807) is 19.4 Å². The Morgan fingerprint density at radius 3 is 2.59 bits per heavy atom. The molecule has 3 atom stereocenters. The summed E-state index contributed by atoms with van der Waals surface area (Å²) in [6, 6.07) is 10.8. The highest BCUT2D eigenvalue weighted by Gasteiger charge is 2.47. The van der Waals surface area contributed by atoms with Gasteiger partial charge in [0.25, 0.3) is 5.91 Å². The number of aromatic nitrogens is 1. The first-order chi connectivity index (χ1) is 13.0. The third kappa shape index (κ3) is 3.00. The molecule has 2 aliphatic heterocycles. The van der Waals surface area contributed by atoms with Crippen molar-refractivity contribution >= 4 is 5.91 Å². The molecule has 2 aromatic rings. The number of likely N-dealkylation sites (tertiary alicyclic amines) is 2. The van der Waals surface area contributed by atoms with E-state index in [1.807, 2.05) is 17.0 Å². The summed E-state index contributed by atoms with van der Waals surface area (Å²) in [5.74, 6) is 1.01. The average Bonchev–Trinajstić information content (AvgIpc) is 3.30. The molecule has 2 aliphatic rings. The van der Waals surface area contributed by atoms with E-state index in [1.165, 1.54) is 16.7 Å². The second-order valence-corrected chi connectivity index (χ2v) is 7.70. The molecule has 1 aromatic carbocycles. The van der Waals surface area contributed by atoms with Crippen molar-refractivity contribution in [3.05, 3.63) is 58.9 Å². The van der Waals surface area contributed by atoms with E-state index in [-0.39, 0.29) is 11.9 Å². The topological polar surface area (TPSA) is 45.7 Å². The SMILES string of the molecule is COc1ccc([C@H](C)N2C[C@@H]3C[C@H]2CN3C(=O)c2ccccn2)c(C)c1C. The lowest BCUT2D eigenvalue weighted by Crippen LogP contribution is -2.49. The highest BCUT2D eigenvalue weighted by atomic mass is 16.5. The summed E-state index contributed by atoms with van der Waals surface area (Å²) in [4.78, 5) is 21.6. The molecule has 0 saturated carbocycles. The maximum atomic E-state index is 12.8. The number of pyridine rings is 1. The Morgan fingerprint density at radius 2 is 1.96 bits per heavy atom. The van der Waals surface area contributed by atoms with Crippen LogP contribution in [0.5, 0.6) is 5.75 Å². The number of rotatable bonds is 4. The summed E-state index contributed by atoms with van der Waals surface area (Å²) in [5.41, 5.74) is 4.40. The zero-order valence-electron chi connectivity index (χ0n) is 16.5. The van der Waals surface area contributed by atoms with Gasteiger partial charge in [0.1, 0.15) is 11.4 Å². The van der Waals surface area contributed by atoms with Gasteiger partial charge < -0.3 is 9.64 Å². The normalized spacial score (nSPS) is 22.9. The number of hydrogen-bond acceptors (Lipinski definition) is 4. The molecule has 0 N–H and O–H groups in total. The van der Waals surface area contributed by atoms with Crippen molar-refractivity contribution in [2.45, 2.75) is 45.3 Å². The maximum absolute atomic E-state index is 12.8. The van der Waals surface area contributed by atoms with Gasteiger partial charge in [-0.15, -0.1) is 0 Å². The van der Waals surface area contributed by atoms with Crippen molar-refractivity contribution in [3.8, 4) is 5.75 Å². The summed E-state index contributed by atoms with van der Waals surface area (Å²) in [6.45, 7) is 8.29. The number of benzene rings is 1. The Morgan fingerprint density at radius 1 is 1.15 bits per heavy atom. The number of ether oxygens (including phenoxy) is 1. The molecule has 0 radical (unpaired) electrons. The van der Waals surface area contributed by atoms with Gasteiger partial charge in [0.05, 0.1) is 7.11 Å². The van der Waals surface area contributed by atoms with E-state index in [0.717, 1.165) is 25.3 Å². The summed E-state index contributed by atoms with van der Waals surface area (Å²) in [5, 5.41) is 0. The van der Waals surface area contributed by atoms with Gasteiger partial charge in [-0.25, -0.2) is 0 Å². The molecule has 3 heterocycles. The predicted octanol–water partition coefficient (Wildman–Crippen LogP) is 3.37. The van der Waals surface area contributed by atoms with Gasteiger partial charge in [0, 0.05) is 37.4 Å². The molecular formula is C22H27N3O2. The van der Waals surface area contributed by atoms with E-state index in [4.69, 9.17) is 4.74 Å². The number of nitrogens with zero attached hydrogens (tertiary/aromatic N) is 3. The molecule has 1 aromatic heterocycles. The van der Waals surface area contributed by atoms with E-state index in [2.05, 4.69) is 42.8 Å². The van der Waals surface area contributed by atoms with Crippen LogP contribution >= 0.6 is 0 Å². The van der Waals surface area contributed by atoms with Gasteiger partial charge in [-0.05, 0) is 62.1 Å². The number of fused-ring (bicyclic) bond motifs is 2. The van der Waals surface area contributed by atoms with E-state index >= 15 is 0 Å². The van der Waals surface area contributed by atoms with Crippen molar-refractivity contribution in [2.24, 2.45) is 0 Å². The summed E-state index contributed by atoms with van der Waals surface area (Å²) < 4.78 is 5.45. The van der Waals surface area contributed by atoms with Crippen molar-refractivity contribution < 1.29 is 9.53 Å². The van der Waals surface area contributed by atoms with Crippen LogP contribution in [0.15, 0.2) is 36.5 Å². The zero-order valence-corrected chi connectivity index (χ0v) is 16.5. The smallest absolute Gasteiger partial charge is 0.272 e. The predicted molar refractivity (Wildman–Crippen MR) is 105 cm³/mol. The third-order valence-corrected chi connectivity index (χ3v) is 6.37. The van der Waals surface area contributed by atoms with Gasteiger partial charge in [-0.2, -0.15) is 0 Å². The highest BCUT2D eigenvalue weighted by Crippen LogP contribution is 2.39. The number of carbonyl (C=O) groups is 1. The second kappa shape index (κ2) is 6.97. The number of carbonyl (C=O) groups excluding carboxylic acids is 1. The van der Waals surface area contributed by atoms with Crippen LogP contribution in [0.4, 0.5) is 0 Å². The Hall–Kier alpha value is -2.40. The minimum atomic E-state index is 0.0619. The van der Waals surface area contributed by atoms with E-state index < -0.39 is 0 Å². The molecule has 5 nitrogen and oxygen atoms in total. The van der Waals surface area contributed by atoms with Gasteiger partial charge in [-0.1, -0.05) is 12.1 Å². The Labute approximate surface area is 161 Å². The fraction of sp³-hybridized carbons (Fsp3) is 0.455. The maximum Gasteiger partial charge on any atom is 0.272 e. The van der Waals surface area contributed by atoms with Gasteiger partial charge in [-0.3, -0.25) is 14.7 Å². The lowest BCUT2D eigenvalue weighted by molar-refractivity contribution is 0.0563. The molecule has 1 amide bonds. The Bertz CT molecular complexity index is 852. The van der Waals surface area contributed by atoms with Crippen LogP contribution in [0.2, 0.25) is 0 Å². The number of piperazine rings is 1. The molecule has 27 heavy (non-hydrogen) atoms. The molecule has 0 aliphatic carbocycles. The van der Waals surface area contributed by atoms with Crippen LogP contribution in [0, 0.1) is 13.8 Å². The van der Waals surface area contributed by atoms with Crippen molar-refractivity contribution in [1.29, 1.82) is 0 Å². The van der Waals surface area contributed by atoms with Crippen molar-refractivity contribution in [1.82, 2.24) is 14.8 Å². The summed E-state index contributed by atoms with van der Waals surface area (Å²) in [6.07, 6.45) is 2.74. The van der Waals surface area contributed by atoms with Gasteiger partial charge in [0.15, 0.2) is 0 Å². The van der Waals surface area contributed by atoms with Crippen LogP contribution in [0.25, 0.3) is 0 Å². The second-order valence-electron chi connectivity index (χ2n) is 7.70. The van der Waals surface area contributed by atoms with E-state index in [9.17, 15) is 4.79 Å². The first-order valence-corrected chi connectivity index (χ1v) is 9.63. The minimum Gasteiger partial charge on any atom is -0.496 e. The fourth-order valence-corrected chi connectivity index (χ4v) is 4.73. The van der Waals surface area contributed by atoms with Crippen LogP contribution in [0.1, 0.15) is 46.6 Å². The van der Waals surface area contributed by atoms with Gasteiger partial charge in [0.2, 0.25) is 0 Å². The van der Waals surface area contributed by atoms with E-state index in [0.29, 0.717) is 17.8 Å². The standard InChI is InChI=1S/C22H27N3O2/c1-14-15(2)21(27-4)9-8-19(14)16(3)24-12-18-11-17(24)13-25(18)22(26)20-7-5-6-10-23-20/h5-10,16-18H,11-13H2,1-4H3/t16-,17-,18-/m0/s1. The van der Waals surface area contributed by atoms with Crippen LogP contribution < -0.4 is 4.74 Å². The molecule has 0 unspecified atom stereocenters. The fourth-order valence-electron chi connectivity index (χ4n) is 4.73. The zero-order chi connectivity index (χ0) is 19.1. The van der Waals surface area contributed by atoms with Crippen molar-refractivity contribution in [3.63, 3.8) is 0 Å². The van der Waals surface area contributed by atoms with Crippen molar-refractivity contribution in [2.75, 3.05) is 20.2 Å². The number of amides is 1. The first-order valence-electron chi connectivity index (χ1n) is 9.63. The molecule has 0 spiro atoms. The number of hydrogen-bond donors (Lipinski definition) is 0. The minimum absolute atomic E-state index is 0.0619. The Balaban J connectivity index is 1.50. The first kappa shape index (κ1) is 18.0. The largest absolute Gasteiger partial charge is 0.496 e.